The number of carbonyl (C=O) groups excluding carboxylic acids is 3. The van der Waals surface area contributed by atoms with Crippen molar-refractivity contribution in [2.24, 2.45) is 0 Å². The van der Waals surface area contributed by atoms with E-state index in [-0.39, 0.29) is 37.7 Å². The van der Waals surface area contributed by atoms with Crippen LogP contribution in [0.25, 0.3) is 0 Å². The number of amides is 3. The predicted octanol–water partition coefficient (Wildman–Crippen LogP) is 3.34. The van der Waals surface area contributed by atoms with Crippen molar-refractivity contribution in [1.29, 1.82) is 0 Å². The van der Waals surface area contributed by atoms with Crippen LogP contribution in [-0.4, -0.2) is 73.3 Å². The summed E-state index contributed by atoms with van der Waals surface area (Å²) in [6, 6.07) is 22.0. The van der Waals surface area contributed by atoms with Crippen molar-refractivity contribution in [2.45, 2.75) is 18.4 Å². The standard InChI is InChI=1S/C30H30N4O6/c1-38-24-9-5-6-22(17-24)31-27(35)18-33-19-34(23-7-3-2-4-8-23)30(29(33)37)12-14-32(15-13-30)28(36)21-10-11-25-26(16-21)40-20-39-25/h2-11,16-17H,12-15,18-20H2,1H3,(H,31,35). The molecule has 0 radical (unpaired) electrons. The lowest BCUT2D eigenvalue weighted by Crippen LogP contribution is -2.57. The summed E-state index contributed by atoms with van der Waals surface area (Å²) >= 11 is 0. The SMILES string of the molecule is COc1cccc(NC(=O)CN2CN(c3ccccc3)C3(CCN(C(=O)c4ccc5c(c4)OCO5)CC3)C2=O)c1. The minimum Gasteiger partial charge on any atom is -0.497 e. The van der Waals surface area contributed by atoms with Gasteiger partial charge in [-0.2, -0.15) is 0 Å². The molecule has 3 aliphatic rings. The minimum atomic E-state index is -0.844. The first kappa shape index (κ1) is 25.5. The van der Waals surface area contributed by atoms with Crippen molar-refractivity contribution in [3.05, 3.63) is 78.4 Å². The van der Waals surface area contributed by atoms with E-state index in [2.05, 4.69) is 10.2 Å². The number of carbonyl (C=O) groups is 3. The first-order chi connectivity index (χ1) is 19.5. The Hall–Kier alpha value is -4.73. The Kier molecular flexibility index (Phi) is 6.67. The summed E-state index contributed by atoms with van der Waals surface area (Å²) < 4.78 is 16.0. The lowest BCUT2D eigenvalue weighted by molar-refractivity contribution is -0.136. The number of hydrogen-bond acceptors (Lipinski definition) is 7. The third-order valence-corrected chi connectivity index (χ3v) is 7.77. The summed E-state index contributed by atoms with van der Waals surface area (Å²) in [7, 11) is 1.56. The zero-order valence-corrected chi connectivity index (χ0v) is 22.2. The third kappa shape index (κ3) is 4.66. The molecular formula is C30H30N4O6. The highest BCUT2D eigenvalue weighted by Crippen LogP contribution is 2.40. The lowest BCUT2D eigenvalue weighted by Gasteiger charge is -2.43. The van der Waals surface area contributed by atoms with Crippen LogP contribution in [0.4, 0.5) is 11.4 Å². The van der Waals surface area contributed by atoms with E-state index >= 15 is 0 Å². The zero-order chi connectivity index (χ0) is 27.7. The number of rotatable bonds is 6. The van der Waals surface area contributed by atoms with Crippen molar-refractivity contribution in [1.82, 2.24) is 9.80 Å². The summed E-state index contributed by atoms with van der Waals surface area (Å²) in [4.78, 5) is 45.7. The molecule has 10 nitrogen and oxygen atoms in total. The maximum atomic E-state index is 14.0. The van der Waals surface area contributed by atoms with Gasteiger partial charge in [-0.1, -0.05) is 24.3 Å². The summed E-state index contributed by atoms with van der Waals surface area (Å²) in [5, 5.41) is 2.86. The Bertz CT molecular complexity index is 1440. The highest BCUT2D eigenvalue weighted by molar-refractivity contribution is 6.00. The van der Waals surface area contributed by atoms with E-state index in [0.29, 0.717) is 54.4 Å². The molecule has 2 fully saturated rings. The number of nitrogens with one attached hydrogen (secondary N) is 1. The number of hydrogen-bond donors (Lipinski definition) is 1. The Morgan fingerprint density at radius 3 is 2.50 bits per heavy atom. The first-order valence-electron chi connectivity index (χ1n) is 13.2. The summed E-state index contributed by atoms with van der Waals surface area (Å²) in [5.74, 6) is 1.31. The molecule has 3 aromatic carbocycles. The van der Waals surface area contributed by atoms with Gasteiger partial charge in [0.25, 0.3) is 11.8 Å². The first-order valence-corrected chi connectivity index (χ1v) is 13.2. The number of ether oxygens (including phenoxy) is 3. The Labute approximate surface area is 232 Å². The minimum absolute atomic E-state index is 0.0824. The average molecular weight is 543 g/mol. The van der Waals surface area contributed by atoms with Gasteiger partial charge in [0.15, 0.2) is 11.5 Å². The number of methoxy groups -OCH3 is 1. The van der Waals surface area contributed by atoms with Gasteiger partial charge in [-0.25, -0.2) is 0 Å². The van der Waals surface area contributed by atoms with Gasteiger partial charge in [-0.3, -0.25) is 14.4 Å². The lowest BCUT2D eigenvalue weighted by atomic mass is 9.85. The van der Waals surface area contributed by atoms with E-state index in [1.165, 1.54) is 0 Å². The van der Waals surface area contributed by atoms with Crippen LogP contribution < -0.4 is 24.4 Å². The molecule has 2 saturated heterocycles. The molecule has 40 heavy (non-hydrogen) atoms. The molecule has 0 bridgehead atoms. The van der Waals surface area contributed by atoms with Crippen LogP contribution in [-0.2, 0) is 9.59 Å². The molecule has 0 saturated carbocycles. The van der Waals surface area contributed by atoms with E-state index < -0.39 is 5.54 Å². The van der Waals surface area contributed by atoms with Crippen molar-refractivity contribution < 1.29 is 28.6 Å². The van der Waals surface area contributed by atoms with Gasteiger partial charge >= 0.3 is 0 Å². The molecule has 0 unspecified atom stereocenters. The molecule has 6 rings (SSSR count). The molecular weight excluding hydrogens is 512 g/mol. The fourth-order valence-corrected chi connectivity index (χ4v) is 5.69. The van der Waals surface area contributed by atoms with Crippen LogP contribution >= 0.6 is 0 Å². The normalized spacial score (nSPS) is 17.3. The Morgan fingerprint density at radius 2 is 1.73 bits per heavy atom. The summed E-state index contributed by atoms with van der Waals surface area (Å²) in [6.45, 7) is 1.16. The molecule has 3 aromatic rings. The van der Waals surface area contributed by atoms with Crippen LogP contribution in [0.2, 0.25) is 0 Å². The molecule has 1 N–H and O–H groups in total. The molecule has 3 amide bonds. The van der Waals surface area contributed by atoms with Crippen LogP contribution in [0, 0.1) is 0 Å². The van der Waals surface area contributed by atoms with E-state index in [0.717, 1.165) is 5.69 Å². The number of likely N-dealkylation sites (tertiary alicyclic amines) is 1. The number of piperidine rings is 1. The third-order valence-electron chi connectivity index (χ3n) is 7.77. The predicted molar refractivity (Wildman–Crippen MR) is 148 cm³/mol. The maximum absolute atomic E-state index is 14.0. The van der Waals surface area contributed by atoms with Crippen molar-refractivity contribution in [3.63, 3.8) is 0 Å². The molecule has 0 atom stereocenters. The smallest absolute Gasteiger partial charge is 0.253 e. The van der Waals surface area contributed by atoms with Gasteiger partial charge in [0.2, 0.25) is 12.7 Å². The monoisotopic (exact) mass is 542 g/mol. The van der Waals surface area contributed by atoms with E-state index in [4.69, 9.17) is 14.2 Å². The molecule has 10 heteroatoms. The largest absolute Gasteiger partial charge is 0.497 e. The van der Waals surface area contributed by atoms with Crippen molar-refractivity contribution >= 4 is 29.1 Å². The average Bonchev–Trinajstić information content (AvgIpc) is 3.56. The maximum Gasteiger partial charge on any atom is 0.253 e. The molecule has 0 aromatic heterocycles. The quantitative estimate of drug-likeness (QED) is 0.510. The molecule has 3 aliphatic heterocycles. The fraction of sp³-hybridized carbons (Fsp3) is 0.300. The Morgan fingerprint density at radius 1 is 0.950 bits per heavy atom. The van der Waals surface area contributed by atoms with Crippen LogP contribution in [0.1, 0.15) is 23.2 Å². The van der Waals surface area contributed by atoms with Gasteiger partial charge < -0.3 is 34.2 Å². The van der Waals surface area contributed by atoms with Gasteiger partial charge in [0.05, 0.1) is 13.8 Å². The summed E-state index contributed by atoms with van der Waals surface area (Å²) in [5.41, 5.74) is 1.18. The van der Waals surface area contributed by atoms with Gasteiger partial charge in [0, 0.05) is 36.1 Å². The van der Waals surface area contributed by atoms with Crippen LogP contribution in [0.15, 0.2) is 72.8 Å². The highest BCUT2D eigenvalue weighted by atomic mass is 16.7. The topological polar surface area (TPSA) is 101 Å². The second kappa shape index (κ2) is 10.4. The zero-order valence-electron chi connectivity index (χ0n) is 22.2. The summed E-state index contributed by atoms with van der Waals surface area (Å²) in [6.07, 6.45) is 0.899. The van der Waals surface area contributed by atoms with Gasteiger partial charge in [0.1, 0.15) is 17.8 Å². The van der Waals surface area contributed by atoms with Crippen molar-refractivity contribution in [3.8, 4) is 17.2 Å². The fourth-order valence-electron chi connectivity index (χ4n) is 5.69. The van der Waals surface area contributed by atoms with Crippen LogP contribution in [0.5, 0.6) is 17.2 Å². The second-order valence-corrected chi connectivity index (χ2v) is 10.1. The highest BCUT2D eigenvalue weighted by Gasteiger charge is 2.54. The number of anilines is 2. The Balaban J connectivity index is 1.18. The number of benzene rings is 3. The van der Waals surface area contributed by atoms with E-state index in [9.17, 15) is 14.4 Å². The number of fused-ring (bicyclic) bond motifs is 1. The van der Waals surface area contributed by atoms with E-state index in [1.807, 2.05) is 30.3 Å². The molecule has 0 aliphatic carbocycles. The van der Waals surface area contributed by atoms with E-state index in [1.54, 1.807) is 59.4 Å². The van der Waals surface area contributed by atoms with Gasteiger partial charge in [-0.15, -0.1) is 0 Å². The molecule has 1 spiro atoms. The van der Waals surface area contributed by atoms with Gasteiger partial charge in [-0.05, 0) is 55.3 Å². The number of para-hydroxylation sites is 1. The second-order valence-electron chi connectivity index (χ2n) is 10.1. The molecule has 206 valence electrons. The van der Waals surface area contributed by atoms with Crippen molar-refractivity contribution in [2.75, 3.05) is 50.4 Å². The van der Waals surface area contributed by atoms with Crippen LogP contribution in [0.3, 0.4) is 0 Å². The number of nitrogens with zero attached hydrogens (tertiary/aromatic N) is 3. The molecule has 3 heterocycles.